The highest BCUT2D eigenvalue weighted by molar-refractivity contribution is 5.94. The molecule has 0 unspecified atom stereocenters. The predicted octanol–water partition coefficient (Wildman–Crippen LogP) is 0.841. The molecule has 2 atom stereocenters. The van der Waals surface area contributed by atoms with Crippen molar-refractivity contribution < 1.29 is 19.4 Å². The average molecular weight is 398 g/mol. The molecule has 4 rings (SSSR count). The number of aryl methyl sites for hydroxylation is 1. The van der Waals surface area contributed by atoms with E-state index in [9.17, 15) is 14.7 Å². The first-order chi connectivity index (χ1) is 14.1. The monoisotopic (exact) mass is 398 g/mol. The first-order valence-electron chi connectivity index (χ1n) is 10.0. The first kappa shape index (κ1) is 19.4. The Bertz CT molecular complexity index is 910. The summed E-state index contributed by atoms with van der Waals surface area (Å²) in [5.41, 5.74) is 3.32. The molecule has 3 N–H and O–H groups in total. The molecule has 2 amide bonds. The summed E-state index contributed by atoms with van der Waals surface area (Å²) >= 11 is 0. The molecule has 2 aromatic rings. The summed E-state index contributed by atoms with van der Waals surface area (Å²) in [6.45, 7) is 0.708. The summed E-state index contributed by atoms with van der Waals surface area (Å²) in [4.78, 5) is 27.2. The highest BCUT2D eigenvalue weighted by Gasteiger charge is 2.34. The van der Waals surface area contributed by atoms with Gasteiger partial charge in [-0.3, -0.25) is 14.7 Å². The van der Waals surface area contributed by atoms with Gasteiger partial charge >= 0.3 is 0 Å². The molecule has 1 fully saturated rings. The molecule has 154 valence electrons. The zero-order chi connectivity index (χ0) is 20.4. The fourth-order valence-corrected chi connectivity index (χ4v) is 4.19. The van der Waals surface area contributed by atoms with E-state index < -0.39 is 12.1 Å². The zero-order valence-electron chi connectivity index (χ0n) is 16.5. The minimum Gasteiger partial charge on any atom is -0.496 e. The van der Waals surface area contributed by atoms with Gasteiger partial charge in [0.2, 0.25) is 5.91 Å². The average Bonchev–Trinajstić information content (AvgIpc) is 3.33. The molecule has 2 heterocycles. The smallest absolute Gasteiger partial charge is 0.274 e. The van der Waals surface area contributed by atoms with Gasteiger partial charge in [0, 0.05) is 29.9 Å². The molecule has 0 radical (unpaired) electrons. The maximum atomic E-state index is 13.0. The second kappa shape index (κ2) is 8.24. The van der Waals surface area contributed by atoms with Crippen LogP contribution < -0.4 is 10.1 Å². The number of likely N-dealkylation sites (tertiary alicyclic amines) is 1. The molecule has 8 heteroatoms. The number of fused-ring (bicyclic) bond motifs is 1. The van der Waals surface area contributed by atoms with E-state index in [1.807, 2.05) is 18.2 Å². The minimum atomic E-state index is -0.689. The van der Waals surface area contributed by atoms with Crippen LogP contribution in [0.15, 0.2) is 24.3 Å². The topological polar surface area (TPSA) is 108 Å². The number of ether oxygens (including phenoxy) is 1. The van der Waals surface area contributed by atoms with Crippen molar-refractivity contribution in [3.8, 4) is 5.75 Å². The van der Waals surface area contributed by atoms with Crippen molar-refractivity contribution in [1.82, 2.24) is 20.4 Å². The SMILES string of the molecule is COc1ccccc1CC(=O)N[C@@H]1CN(C(=O)c2n[nH]c3c2CCC3)CC[C@H]1O. The van der Waals surface area contributed by atoms with E-state index in [1.54, 1.807) is 18.1 Å². The van der Waals surface area contributed by atoms with Crippen molar-refractivity contribution in [2.24, 2.45) is 0 Å². The highest BCUT2D eigenvalue weighted by Crippen LogP contribution is 2.25. The van der Waals surface area contributed by atoms with Crippen LogP contribution in [0.25, 0.3) is 0 Å². The van der Waals surface area contributed by atoms with Gasteiger partial charge in [-0.1, -0.05) is 18.2 Å². The molecule has 1 aromatic heterocycles. The summed E-state index contributed by atoms with van der Waals surface area (Å²) in [5.74, 6) is 0.296. The Balaban J connectivity index is 1.41. The zero-order valence-corrected chi connectivity index (χ0v) is 16.5. The highest BCUT2D eigenvalue weighted by atomic mass is 16.5. The Morgan fingerprint density at radius 3 is 3.00 bits per heavy atom. The van der Waals surface area contributed by atoms with Crippen LogP contribution in [-0.4, -0.2) is 64.4 Å². The van der Waals surface area contributed by atoms with E-state index in [0.29, 0.717) is 24.4 Å². The fourth-order valence-electron chi connectivity index (χ4n) is 4.19. The van der Waals surface area contributed by atoms with Crippen molar-refractivity contribution in [2.45, 2.75) is 44.2 Å². The number of H-pyrrole nitrogens is 1. The number of aromatic nitrogens is 2. The van der Waals surface area contributed by atoms with Crippen LogP contribution in [0.4, 0.5) is 0 Å². The number of aliphatic hydroxyl groups is 1. The number of methoxy groups -OCH3 is 1. The Morgan fingerprint density at radius 1 is 1.34 bits per heavy atom. The van der Waals surface area contributed by atoms with Crippen LogP contribution in [0, 0.1) is 0 Å². The number of aromatic amines is 1. The van der Waals surface area contributed by atoms with Crippen molar-refractivity contribution in [2.75, 3.05) is 20.2 Å². The van der Waals surface area contributed by atoms with E-state index in [4.69, 9.17) is 4.74 Å². The van der Waals surface area contributed by atoms with Gasteiger partial charge in [0.25, 0.3) is 5.91 Å². The molecule has 1 saturated heterocycles. The number of amides is 2. The van der Waals surface area contributed by atoms with Crippen LogP contribution in [0.1, 0.15) is 40.2 Å². The Morgan fingerprint density at radius 2 is 2.17 bits per heavy atom. The number of carbonyl (C=O) groups excluding carboxylic acids is 2. The summed E-state index contributed by atoms with van der Waals surface area (Å²) in [6, 6.07) is 6.83. The van der Waals surface area contributed by atoms with Crippen LogP contribution in [0.2, 0.25) is 0 Å². The Labute approximate surface area is 169 Å². The van der Waals surface area contributed by atoms with Gasteiger partial charge in [-0.05, 0) is 31.7 Å². The lowest BCUT2D eigenvalue weighted by Crippen LogP contribution is -2.56. The van der Waals surface area contributed by atoms with E-state index in [0.717, 1.165) is 36.1 Å². The molecule has 1 aliphatic heterocycles. The number of aliphatic hydroxyl groups excluding tert-OH is 1. The van der Waals surface area contributed by atoms with Crippen molar-refractivity contribution in [3.63, 3.8) is 0 Å². The van der Waals surface area contributed by atoms with Gasteiger partial charge in [0.05, 0.1) is 25.7 Å². The molecule has 2 aliphatic rings. The minimum absolute atomic E-state index is 0.139. The molecule has 29 heavy (non-hydrogen) atoms. The second-order valence-corrected chi connectivity index (χ2v) is 7.65. The Hall–Kier alpha value is -2.87. The predicted molar refractivity (Wildman–Crippen MR) is 106 cm³/mol. The van der Waals surface area contributed by atoms with Gasteiger partial charge in [-0.2, -0.15) is 5.10 Å². The number of carbonyl (C=O) groups is 2. The number of para-hydroxylation sites is 1. The van der Waals surface area contributed by atoms with E-state index in [-0.39, 0.29) is 24.8 Å². The first-order valence-corrected chi connectivity index (χ1v) is 10.0. The standard InChI is InChI=1S/C21H26N4O4/c1-29-18-8-3-2-5-13(18)11-19(27)22-16-12-25(10-9-17(16)26)21(28)20-14-6-4-7-15(14)23-24-20/h2-3,5,8,16-17,26H,4,6-7,9-12H2,1H3,(H,22,27)(H,23,24)/t16-,17-/m1/s1. The molecule has 8 nitrogen and oxygen atoms in total. The van der Waals surface area contributed by atoms with Crippen LogP contribution in [-0.2, 0) is 24.1 Å². The number of piperidine rings is 1. The molecular formula is C21H26N4O4. The van der Waals surface area contributed by atoms with Crippen LogP contribution in [0.5, 0.6) is 5.75 Å². The van der Waals surface area contributed by atoms with Gasteiger partial charge in [0.15, 0.2) is 5.69 Å². The van der Waals surface area contributed by atoms with E-state index in [2.05, 4.69) is 15.5 Å². The maximum absolute atomic E-state index is 13.0. The van der Waals surface area contributed by atoms with Crippen molar-refractivity contribution >= 4 is 11.8 Å². The normalized spacial score (nSPS) is 21.0. The van der Waals surface area contributed by atoms with Crippen molar-refractivity contribution in [3.05, 3.63) is 46.8 Å². The molecule has 0 saturated carbocycles. The Kier molecular flexibility index (Phi) is 5.53. The maximum Gasteiger partial charge on any atom is 0.274 e. The summed E-state index contributed by atoms with van der Waals surface area (Å²) in [6.07, 6.45) is 2.69. The van der Waals surface area contributed by atoms with Gasteiger partial charge in [0.1, 0.15) is 5.75 Å². The fraction of sp³-hybridized carbons (Fsp3) is 0.476. The van der Waals surface area contributed by atoms with E-state index >= 15 is 0 Å². The largest absolute Gasteiger partial charge is 0.496 e. The van der Waals surface area contributed by atoms with Gasteiger partial charge < -0.3 is 20.1 Å². The third-order valence-electron chi connectivity index (χ3n) is 5.76. The van der Waals surface area contributed by atoms with Crippen molar-refractivity contribution in [1.29, 1.82) is 0 Å². The molecular weight excluding hydrogens is 372 g/mol. The second-order valence-electron chi connectivity index (χ2n) is 7.65. The lowest BCUT2D eigenvalue weighted by molar-refractivity contribution is -0.122. The number of nitrogens with one attached hydrogen (secondary N) is 2. The molecule has 0 spiro atoms. The third-order valence-corrected chi connectivity index (χ3v) is 5.76. The molecule has 1 aliphatic carbocycles. The number of nitrogens with zero attached hydrogens (tertiary/aromatic N) is 2. The number of hydrogen-bond acceptors (Lipinski definition) is 5. The lowest BCUT2D eigenvalue weighted by Gasteiger charge is -2.36. The number of rotatable bonds is 5. The number of benzene rings is 1. The van der Waals surface area contributed by atoms with Gasteiger partial charge in [-0.15, -0.1) is 0 Å². The summed E-state index contributed by atoms with van der Waals surface area (Å²) in [7, 11) is 1.57. The van der Waals surface area contributed by atoms with E-state index in [1.165, 1.54) is 0 Å². The summed E-state index contributed by atoms with van der Waals surface area (Å²) < 4.78 is 5.29. The van der Waals surface area contributed by atoms with Gasteiger partial charge in [-0.25, -0.2) is 0 Å². The van der Waals surface area contributed by atoms with Crippen LogP contribution in [0.3, 0.4) is 0 Å². The van der Waals surface area contributed by atoms with Crippen LogP contribution >= 0.6 is 0 Å². The third kappa shape index (κ3) is 3.98. The lowest BCUT2D eigenvalue weighted by atomic mass is 10.0. The summed E-state index contributed by atoms with van der Waals surface area (Å²) in [5, 5.41) is 20.4. The molecule has 0 bridgehead atoms. The quantitative estimate of drug-likeness (QED) is 0.692. The number of hydrogen-bond donors (Lipinski definition) is 3. The molecule has 1 aromatic carbocycles.